The van der Waals surface area contributed by atoms with Gasteiger partial charge in [0.15, 0.2) is 0 Å². The van der Waals surface area contributed by atoms with Crippen LogP contribution in [0.1, 0.15) is 36.0 Å². The number of pyridine rings is 1. The molecular formula is C22H23FN4O. The number of carbonyl (C=O) groups is 1. The maximum Gasteiger partial charge on any atom is 0.254 e. The monoisotopic (exact) mass is 378 g/mol. The highest BCUT2D eigenvalue weighted by Crippen LogP contribution is 2.26. The van der Waals surface area contributed by atoms with Gasteiger partial charge in [0.1, 0.15) is 5.82 Å². The zero-order valence-corrected chi connectivity index (χ0v) is 15.7. The highest BCUT2D eigenvalue weighted by atomic mass is 19.1. The van der Waals surface area contributed by atoms with Crippen molar-refractivity contribution in [1.82, 2.24) is 19.4 Å². The third kappa shape index (κ3) is 3.96. The van der Waals surface area contributed by atoms with E-state index in [0.29, 0.717) is 16.7 Å². The molecule has 1 saturated heterocycles. The molecule has 3 aromatic rings. The maximum atomic E-state index is 14.1. The van der Waals surface area contributed by atoms with Gasteiger partial charge < -0.3 is 9.47 Å². The normalized spacial score (nSPS) is 16.9. The number of nitrogens with zero attached hydrogens (tertiary/aromatic N) is 4. The lowest BCUT2D eigenvalue weighted by Gasteiger charge is -2.36. The number of benzene rings is 1. The number of rotatable bonds is 5. The van der Waals surface area contributed by atoms with Crippen molar-refractivity contribution < 1.29 is 9.18 Å². The molecule has 0 radical (unpaired) electrons. The Morgan fingerprint density at radius 2 is 2.11 bits per heavy atom. The lowest BCUT2D eigenvalue weighted by molar-refractivity contribution is 0.0595. The van der Waals surface area contributed by atoms with E-state index in [0.717, 1.165) is 38.8 Å². The molecule has 0 unspecified atom stereocenters. The Bertz CT molecular complexity index is 941. The molecule has 2 aromatic heterocycles. The highest BCUT2D eigenvalue weighted by molar-refractivity contribution is 5.95. The standard InChI is InChI=1S/C22H23FN4O/c23-21-15-24-9-7-20(21)17-4-3-5-18(14-17)22(28)27-11-2-1-6-19(27)8-12-26-13-10-25-16-26/h3-5,7,9-10,13-16,19H,1-2,6,8,11-12H2/t19-/m1/s1. The molecule has 5 nitrogen and oxygen atoms in total. The van der Waals surface area contributed by atoms with Gasteiger partial charge >= 0.3 is 0 Å². The first kappa shape index (κ1) is 18.3. The molecule has 0 saturated carbocycles. The van der Waals surface area contributed by atoms with E-state index in [-0.39, 0.29) is 17.8 Å². The van der Waals surface area contributed by atoms with E-state index in [4.69, 9.17) is 0 Å². The number of amides is 1. The van der Waals surface area contributed by atoms with Gasteiger partial charge in [-0.2, -0.15) is 0 Å². The molecule has 3 heterocycles. The van der Waals surface area contributed by atoms with Crippen molar-refractivity contribution in [2.75, 3.05) is 6.54 Å². The lowest BCUT2D eigenvalue weighted by Crippen LogP contribution is -2.44. The first-order valence-electron chi connectivity index (χ1n) is 9.69. The topological polar surface area (TPSA) is 51.0 Å². The number of likely N-dealkylation sites (tertiary alicyclic amines) is 1. The van der Waals surface area contributed by atoms with Crippen LogP contribution in [0.4, 0.5) is 4.39 Å². The number of halogens is 1. The van der Waals surface area contributed by atoms with Gasteiger partial charge in [0.25, 0.3) is 5.91 Å². The minimum Gasteiger partial charge on any atom is -0.337 e. The maximum absolute atomic E-state index is 14.1. The Hall–Kier alpha value is -3.02. The third-order valence-corrected chi connectivity index (χ3v) is 5.36. The van der Waals surface area contributed by atoms with E-state index >= 15 is 0 Å². The van der Waals surface area contributed by atoms with Crippen molar-refractivity contribution in [2.24, 2.45) is 0 Å². The molecule has 1 amide bonds. The zero-order chi connectivity index (χ0) is 19.3. The molecule has 6 heteroatoms. The Labute approximate surface area is 163 Å². The Morgan fingerprint density at radius 3 is 2.93 bits per heavy atom. The van der Waals surface area contributed by atoms with Crippen molar-refractivity contribution in [3.8, 4) is 11.1 Å². The average Bonchev–Trinajstić information content (AvgIpc) is 3.26. The van der Waals surface area contributed by atoms with E-state index in [1.165, 1.54) is 6.20 Å². The van der Waals surface area contributed by atoms with Crippen LogP contribution in [0, 0.1) is 5.82 Å². The van der Waals surface area contributed by atoms with Gasteiger partial charge in [-0.05, 0) is 49.4 Å². The second-order valence-corrected chi connectivity index (χ2v) is 7.17. The predicted molar refractivity (Wildman–Crippen MR) is 105 cm³/mol. The molecule has 144 valence electrons. The molecule has 1 aliphatic heterocycles. The Morgan fingerprint density at radius 1 is 1.18 bits per heavy atom. The Balaban J connectivity index is 1.53. The molecule has 4 rings (SSSR count). The van der Waals surface area contributed by atoms with Crippen LogP contribution in [-0.2, 0) is 6.54 Å². The summed E-state index contributed by atoms with van der Waals surface area (Å²) < 4.78 is 16.1. The van der Waals surface area contributed by atoms with Crippen molar-refractivity contribution >= 4 is 5.91 Å². The summed E-state index contributed by atoms with van der Waals surface area (Å²) in [6.45, 7) is 1.61. The van der Waals surface area contributed by atoms with Crippen molar-refractivity contribution in [3.63, 3.8) is 0 Å². The van der Waals surface area contributed by atoms with Crippen molar-refractivity contribution in [1.29, 1.82) is 0 Å². The first-order valence-corrected chi connectivity index (χ1v) is 9.69. The van der Waals surface area contributed by atoms with E-state index in [9.17, 15) is 9.18 Å². The summed E-state index contributed by atoms with van der Waals surface area (Å²) in [5, 5.41) is 0. The molecule has 1 atom stereocenters. The Kier molecular flexibility index (Phi) is 5.46. The summed E-state index contributed by atoms with van der Waals surface area (Å²) in [6, 6.07) is 9.07. The molecule has 1 aliphatic rings. The van der Waals surface area contributed by atoms with Gasteiger partial charge in [0.05, 0.1) is 12.5 Å². The van der Waals surface area contributed by atoms with Crippen LogP contribution in [0.15, 0.2) is 61.4 Å². The lowest BCUT2D eigenvalue weighted by atomic mass is 9.97. The molecule has 0 bridgehead atoms. The molecule has 28 heavy (non-hydrogen) atoms. The predicted octanol–water partition coefficient (Wildman–Crippen LogP) is 4.17. The smallest absolute Gasteiger partial charge is 0.254 e. The van der Waals surface area contributed by atoms with Crippen LogP contribution in [-0.4, -0.2) is 37.9 Å². The summed E-state index contributed by atoms with van der Waals surface area (Å²) in [7, 11) is 0. The van der Waals surface area contributed by atoms with Gasteiger partial charge in [0.2, 0.25) is 0 Å². The van der Waals surface area contributed by atoms with E-state index in [1.807, 2.05) is 40.2 Å². The zero-order valence-electron chi connectivity index (χ0n) is 15.7. The quantitative estimate of drug-likeness (QED) is 0.670. The third-order valence-electron chi connectivity index (χ3n) is 5.36. The van der Waals surface area contributed by atoms with Crippen LogP contribution >= 0.6 is 0 Å². The fourth-order valence-electron chi connectivity index (χ4n) is 3.88. The fraction of sp³-hybridized carbons (Fsp3) is 0.318. The number of hydrogen-bond donors (Lipinski definition) is 0. The van der Waals surface area contributed by atoms with Gasteiger partial charge in [-0.3, -0.25) is 9.78 Å². The second-order valence-electron chi connectivity index (χ2n) is 7.17. The number of piperidine rings is 1. The van der Waals surface area contributed by atoms with Gasteiger partial charge in [0, 0.05) is 48.8 Å². The molecule has 1 fully saturated rings. The molecule has 0 spiro atoms. The van der Waals surface area contributed by atoms with E-state index < -0.39 is 0 Å². The van der Waals surface area contributed by atoms with Crippen molar-refractivity contribution in [3.05, 3.63) is 72.8 Å². The average molecular weight is 378 g/mol. The first-order chi connectivity index (χ1) is 13.7. The van der Waals surface area contributed by atoms with Crippen LogP contribution < -0.4 is 0 Å². The SMILES string of the molecule is O=C(c1cccc(-c2ccncc2F)c1)N1CCCC[C@@H]1CCn1ccnc1. The summed E-state index contributed by atoms with van der Waals surface area (Å²) in [5.41, 5.74) is 1.75. The van der Waals surface area contributed by atoms with Crippen LogP contribution in [0.25, 0.3) is 11.1 Å². The summed E-state index contributed by atoms with van der Waals surface area (Å²) in [4.78, 5) is 23.1. The number of aryl methyl sites for hydroxylation is 1. The molecule has 1 aromatic carbocycles. The molecule has 0 aliphatic carbocycles. The number of hydrogen-bond acceptors (Lipinski definition) is 3. The molecular weight excluding hydrogens is 355 g/mol. The van der Waals surface area contributed by atoms with E-state index in [2.05, 4.69) is 9.97 Å². The highest BCUT2D eigenvalue weighted by Gasteiger charge is 2.27. The minimum atomic E-state index is -0.386. The number of carbonyl (C=O) groups excluding carboxylic acids is 1. The number of imidazole rings is 1. The van der Waals surface area contributed by atoms with Crippen LogP contribution in [0.2, 0.25) is 0 Å². The number of aromatic nitrogens is 3. The van der Waals surface area contributed by atoms with Gasteiger partial charge in [-0.1, -0.05) is 12.1 Å². The van der Waals surface area contributed by atoms with Gasteiger partial charge in [-0.25, -0.2) is 9.37 Å². The summed E-state index contributed by atoms with van der Waals surface area (Å²) in [5.74, 6) is -0.366. The summed E-state index contributed by atoms with van der Waals surface area (Å²) >= 11 is 0. The minimum absolute atomic E-state index is 0.0200. The largest absolute Gasteiger partial charge is 0.337 e. The fourth-order valence-corrected chi connectivity index (χ4v) is 3.88. The van der Waals surface area contributed by atoms with Crippen molar-refractivity contribution in [2.45, 2.75) is 38.3 Å². The van der Waals surface area contributed by atoms with Crippen LogP contribution in [0.3, 0.4) is 0 Å². The second kappa shape index (κ2) is 8.33. The molecule has 0 N–H and O–H groups in total. The van der Waals surface area contributed by atoms with E-state index in [1.54, 1.807) is 24.5 Å². The van der Waals surface area contributed by atoms with Gasteiger partial charge in [-0.15, -0.1) is 0 Å². The van der Waals surface area contributed by atoms with Crippen LogP contribution in [0.5, 0.6) is 0 Å². The summed E-state index contributed by atoms with van der Waals surface area (Å²) in [6.07, 6.45) is 12.4.